The van der Waals surface area contributed by atoms with E-state index in [0.29, 0.717) is 16.4 Å². The first-order valence-electron chi connectivity index (χ1n) is 6.17. The normalized spacial score (nSPS) is 20.4. The zero-order valence-corrected chi connectivity index (χ0v) is 11.2. The first kappa shape index (κ1) is 12.7. The summed E-state index contributed by atoms with van der Waals surface area (Å²) in [6.07, 6.45) is 3.53. The van der Waals surface area contributed by atoms with Crippen molar-refractivity contribution < 1.29 is 9.72 Å². The summed E-state index contributed by atoms with van der Waals surface area (Å²) in [4.78, 5) is 24.0. The molecule has 1 saturated carbocycles. The molecule has 0 unspecified atom stereocenters. The van der Waals surface area contributed by atoms with E-state index >= 15 is 0 Å². The van der Waals surface area contributed by atoms with E-state index in [9.17, 15) is 14.9 Å². The van der Waals surface area contributed by atoms with Crippen molar-refractivity contribution in [1.29, 1.82) is 0 Å². The third kappa shape index (κ3) is 2.27. The van der Waals surface area contributed by atoms with Crippen LogP contribution in [0.4, 0.5) is 5.69 Å². The quantitative estimate of drug-likeness (QED) is 0.397. The van der Waals surface area contributed by atoms with Crippen molar-refractivity contribution in [2.45, 2.75) is 18.9 Å². The summed E-state index contributed by atoms with van der Waals surface area (Å²) >= 11 is 5.14. The molecule has 1 heterocycles. The van der Waals surface area contributed by atoms with Gasteiger partial charge < -0.3 is 5.32 Å². The van der Waals surface area contributed by atoms with E-state index in [2.05, 4.69) is 5.32 Å². The molecule has 7 heteroatoms. The van der Waals surface area contributed by atoms with Crippen LogP contribution in [0.5, 0.6) is 0 Å². The number of nitrogens with zero attached hydrogens (tertiary/aromatic N) is 2. The van der Waals surface area contributed by atoms with Crippen LogP contribution in [0, 0.1) is 10.1 Å². The Bertz CT molecular complexity index is 652. The summed E-state index contributed by atoms with van der Waals surface area (Å²) in [5.41, 5.74) is 0.948. The number of hydrogen-bond acceptors (Lipinski definition) is 4. The Labute approximate surface area is 120 Å². The van der Waals surface area contributed by atoms with Gasteiger partial charge in [-0.1, -0.05) is 12.1 Å². The molecular formula is C13H11N3O3S. The highest BCUT2D eigenvalue weighted by atomic mass is 32.1. The van der Waals surface area contributed by atoms with E-state index in [4.69, 9.17) is 12.2 Å². The second-order valence-electron chi connectivity index (χ2n) is 4.75. The summed E-state index contributed by atoms with van der Waals surface area (Å²) in [7, 11) is 0. The Morgan fingerprint density at radius 1 is 1.45 bits per heavy atom. The SMILES string of the molecule is O=C1C(=Cc2cccc([N+](=O)[O-])c2)NC(=S)N1C1CC1. The summed E-state index contributed by atoms with van der Waals surface area (Å²) < 4.78 is 0. The molecule has 0 bridgehead atoms. The van der Waals surface area contributed by atoms with Crippen molar-refractivity contribution in [3.05, 3.63) is 45.6 Å². The van der Waals surface area contributed by atoms with Gasteiger partial charge >= 0.3 is 0 Å². The van der Waals surface area contributed by atoms with Gasteiger partial charge in [-0.3, -0.25) is 19.8 Å². The minimum Gasteiger partial charge on any atom is -0.328 e. The molecule has 1 aromatic rings. The fourth-order valence-corrected chi connectivity index (χ4v) is 2.45. The molecule has 0 atom stereocenters. The lowest BCUT2D eigenvalue weighted by molar-refractivity contribution is -0.384. The lowest BCUT2D eigenvalue weighted by Gasteiger charge is -2.11. The van der Waals surface area contributed by atoms with Crippen LogP contribution >= 0.6 is 12.2 Å². The van der Waals surface area contributed by atoms with Crippen LogP contribution in [0.2, 0.25) is 0 Å². The average molecular weight is 289 g/mol. The Balaban J connectivity index is 1.89. The van der Waals surface area contributed by atoms with Crippen LogP contribution in [0.25, 0.3) is 6.08 Å². The number of nitro benzene ring substituents is 1. The number of carbonyl (C=O) groups excluding carboxylic acids is 1. The minimum absolute atomic E-state index is 0.00794. The van der Waals surface area contributed by atoms with Gasteiger partial charge in [0, 0.05) is 18.2 Å². The standard InChI is InChI=1S/C13H11N3O3S/c17-12-11(14-13(20)15(12)9-4-5-9)7-8-2-1-3-10(6-8)16(18)19/h1-3,6-7,9H,4-5H2,(H,14,20). The molecule has 1 N–H and O–H groups in total. The number of benzene rings is 1. The van der Waals surface area contributed by atoms with Gasteiger partial charge in [0.1, 0.15) is 5.70 Å². The number of thiocarbonyl (C=S) groups is 1. The van der Waals surface area contributed by atoms with Crippen LogP contribution < -0.4 is 5.32 Å². The predicted molar refractivity (Wildman–Crippen MR) is 76.7 cm³/mol. The fraction of sp³-hybridized carbons (Fsp3) is 0.231. The molecule has 0 radical (unpaired) electrons. The highest BCUT2D eigenvalue weighted by Crippen LogP contribution is 2.31. The van der Waals surface area contributed by atoms with E-state index in [0.717, 1.165) is 12.8 Å². The molecule has 102 valence electrons. The van der Waals surface area contributed by atoms with E-state index in [1.807, 2.05) is 0 Å². The van der Waals surface area contributed by atoms with Gasteiger partial charge in [0.05, 0.1) is 4.92 Å². The second kappa shape index (κ2) is 4.68. The number of amides is 1. The smallest absolute Gasteiger partial charge is 0.276 e. The molecule has 0 aromatic heterocycles. The molecule has 2 aliphatic rings. The first-order chi connectivity index (χ1) is 9.56. The second-order valence-corrected chi connectivity index (χ2v) is 5.13. The summed E-state index contributed by atoms with van der Waals surface area (Å²) in [5, 5.41) is 14.0. The molecule has 0 spiro atoms. The van der Waals surface area contributed by atoms with Gasteiger partial charge in [0.15, 0.2) is 5.11 Å². The number of non-ortho nitro benzene ring substituents is 1. The van der Waals surface area contributed by atoms with E-state index < -0.39 is 4.92 Å². The first-order valence-corrected chi connectivity index (χ1v) is 6.58. The number of hydrogen-bond donors (Lipinski definition) is 1. The Morgan fingerprint density at radius 2 is 2.20 bits per heavy atom. The molecule has 1 amide bonds. The highest BCUT2D eigenvalue weighted by molar-refractivity contribution is 7.80. The molecule has 1 saturated heterocycles. The van der Waals surface area contributed by atoms with Crippen molar-refractivity contribution in [3.63, 3.8) is 0 Å². The Kier molecular flexibility index (Phi) is 2.98. The third-order valence-corrected chi connectivity index (χ3v) is 3.51. The van der Waals surface area contributed by atoms with Crippen molar-refractivity contribution in [1.82, 2.24) is 10.2 Å². The molecule has 1 aliphatic heterocycles. The molecule has 3 rings (SSSR count). The third-order valence-electron chi connectivity index (χ3n) is 3.21. The van der Waals surface area contributed by atoms with Gasteiger partial charge in [0.25, 0.3) is 11.6 Å². The van der Waals surface area contributed by atoms with Gasteiger partial charge in [-0.25, -0.2) is 0 Å². The Morgan fingerprint density at radius 3 is 2.85 bits per heavy atom. The minimum atomic E-state index is -0.465. The van der Waals surface area contributed by atoms with Crippen LogP contribution in [0.1, 0.15) is 18.4 Å². The maximum absolute atomic E-state index is 12.2. The van der Waals surface area contributed by atoms with Gasteiger partial charge in [0.2, 0.25) is 0 Å². The lowest BCUT2D eigenvalue weighted by Crippen LogP contribution is -2.32. The van der Waals surface area contributed by atoms with Crippen molar-refractivity contribution in [2.24, 2.45) is 0 Å². The molecular weight excluding hydrogens is 278 g/mol. The maximum atomic E-state index is 12.2. The average Bonchev–Trinajstić information content (AvgIpc) is 3.19. The van der Waals surface area contributed by atoms with Crippen LogP contribution in [0.15, 0.2) is 30.0 Å². The zero-order chi connectivity index (χ0) is 14.3. The van der Waals surface area contributed by atoms with E-state index in [1.165, 1.54) is 12.1 Å². The van der Waals surface area contributed by atoms with E-state index in [1.54, 1.807) is 23.1 Å². The number of nitrogens with one attached hydrogen (secondary N) is 1. The highest BCUT2D eigenvalue weighted by Gasteiger charge is 2.41. The summed E-state index contributed by atoms with van der Waals surface area (Å²) in [6.45, 7) is 0. The molecule has 20 heavy (non-hydrogen) atoms. The van der Waals surface area contributed by atoms with Gasteiger partial charge in [-0.2, -0.15) is 0 Å². The zero-order valence-electron chi connectivity index (χ0n) is 10.4. The fourth-order valence-electron chi connectivity index (χ4n) is 2.11. The van der Waals surface area contributed by atoms with Crippen LogP contribution in [-0.4, -0.2) is 26.9 Å². The van der Waals surface area contributed by atoms with Crippen molar-refractivity contribution >= 4 is 35.0 Å². The predicted octanol–water partition coefficient (Wildman–Crippen LogP) is 1.81. The monoisotopic (exact) mass is 289 g/mol. The molecule has 6 nitrogen and oxygen atoms in total. The van der Waals surface area contributed by atoms with Crippen molar-refractivity contribution in [2.75, 3.05) is 0 Å². The number of rotatable bonds is 3. The lowest BCUT2D eigenvalue weighted by atomic mass is 10.1. The van der Waals surface area contributed by atoms with Gasteiger partial charge in [-0.15, -0.1) is 0 Å². The molecule has 1 aliphatic carbocycles. The van der Waals surface area contributed by atoms with Crippen LogP contribution in [-0.2, 0) is 4.79 Å². The van der Waals surface area contributed by atoms with Gasteiger partial charge in [-0.05, 0) is 36.7 Å². The maximum Gasteiger partial charge on any atom is 0.276 e. The molecule has 1 aromatic carbocycles. The number of carbonyl (C=O) groups is 1. The molecule has 2 fully saturated rings. The number of nitro groups is 1. The van der Waals surface area contributed by atoms with Crippen molar-refractivity contribution in [3.8, 4) is 0 Å². The van der Waals surface area contributed by atoms with E-state index in [-0.39, 0.29) is 17.6 Å². The largest absolute Gasteiger partial charge is 0.328 e. The topological polar surface area (TPSA) is 75.5 Å². The Hall–Kier alpha value is -2.28. The summed E-state index contributed by atoms with van der Waals surface area (Å²) in [6, 6.07) is 6.33. The summed E-state index contributed by atoms with van der Waals surface area (Å²) in [5.74, 6) is -0.163. The van der Waals surface area contributed by atoms with Crippen LogP contribution in [0.3, 0.4) is 0 Å².